The zero-order valence-electron chi connectivity index (χ0n) is 16.2. The van der Waals surface area contributed by atoms with Crippen molar-refractivity contribution in [3.63, 3.8) is 0 Å². The Kier molecular flexibility index (Phi) is 12.8. The van der Waals surface area contributed by atoms with Gasteiger partial charge in [-0.15, -0.1) is 0 Å². The first-order chi connectivity index (χ1) is 11.7. The van der Waals surface area contributed by atoms with Gasteiger partial charge in [-0.3, -0.25) is 4.79 Å². The molecule has 3 heteroatoms. The number of hydrogen-bond donors (Lipinski definition) is 1. The summed E-state index contributed by atoms with van der Waals surface area (Å²) in [6, 6.07) is 0. The minimum Gasteiger partial charge on any atom is -0.356 e. The molecule has 0 aliphatic heterocycles. The Balaban J connectivity index is 1.75. The molecule has 1 aliphatic rings. The second-order valence-electron chi connectivity index (χ2n) is 7.64. The van der Waals surface area contributed by atoms with Gasteiger partial charge >= 0.3 is 0 Å². The van der Waals surface area contributed by atoms with Crippen molar-refractivity contribution in [3.8, 4) is 0 Å². The third-order valence-electron chi connectivity index (χ3n) is 4.95. The first kappa shape index (κ1) is 21.2. The van der Waals surface area contributed by atoms with E-state index < -0.39 is 0 Å². The molecule has 0 saturated heterocycles. The maximum atomic E-state index is 11.7. The van der Waals surface area contributed by atoms with Crippen molar-refractivity contribution in [2.24, 2.45) is 5.92 Å². The van der Waals surface area contributed by atoms with Crippen LogP contribution in [-0.4, -0.2) is 38.0 Å². The molecule has 0 aromatic carbocycles. The number of amides is 1. The number of nitrogens with zero attached hydrogens (tertiary/aromatic N) is 1. The van der Waals surface area contributed by atoms with Gasteiger partial charge in [-0.25, -0.2) is 0 Å². The summed E-state index contributed by atoms with van der Waals surface area (Å²) in [6.45, 7) is 1.85. The average Bonchev–Trinajstić information content (AvgIpc) is 3.06. The fourth-order valence-electron chi connectivity index (χ4n) is 3.40. The molecule has 1 N–H and O–H groups in total. The Labute approximate surface area is 150 Å². The van der Waals surface area contributed by atoms with E-state index in [9.17, 15) is 4.79 Å². The van der Waals surface area contributed by atoms with E-state index in [1.54, 1.807) is 0 Å². The Bertz CT molecular complexity index is 339. The SMILES string of the molecule is CN(C)CCCNC(=O)CCCCCCCCCCC1C=CCC1. The molecule has 0 fully saturated rings. The van der Waals surface area contributed by atoms with Crippen LogP contribution in [0.3, 0.4) is 0 Å². The summed E-state index contributed by atoms with van der Waals surface area (Å²) in [6.07, 6.45) is 21.1. The molecule has 0 aromatic heterocycles. The summed E-state index contributed by atoms with van der Waals surface area (Å²) in [5, 5.41) is 3.02. The van der Waals surface area contributed by atoms with Gasteiger partial charge in [0.2, 0.25) is 5.91 Å². The summed E-state index contributed by atoms with van der Waals surface area (Å²) >= 11 is 0. The highest BCUT2D eigenvalue weighted by Crippen LogP contribution is 2.23. The van der Waals surface area contributed by atoms with Crippen LogP contribution >= 0.6 is 0 Å². The maximum absolute atomic E-state index is 11.7. The van der Waals surface area contributed by atoms with E-state index in [1.807, 2.05) is 0 Å². The van der Waals surface area contributed by atoms with Crippen LogP contribution in [0.5, 0.6) is 0 Å². The second kappa shape index (κ2) is 14.5. The standard InChI is InChI=1S/C21H40N2O/c1-23(2)19-13-18-22-21(24)17-10-8-6-4-3-5-7-9-14-20-15-11-12-16-20/h11,15,20H,3-10,12-14,16-19H2,1-2H3,(H,22,24). The van der Waals surface area contributed by atoms with Gasteiger partial charge < -0.3 is 10.2 Å². The number of nitrogens with one attached hydrogen (secondary N) is 1. The number of allylic oxidation sites excluding steroid dienone is 2. The molecule has 0 spiro atoms. The van der Waals surface area contributed by atoms with Crippen molar-refractivity contribution in [1.29, 1.82) is 0 Å². The number of unbranched alkanes of at least 4 members (excludes halogenated alkanes) is 7. The van der Waals surface area contributed by atoms with Crippen molar-refractivity contribution in [1.82, 2.24) is 10.2 Å². The van der Waals surface area contributed by atoms with E-state index in [2.05, 4.69) is 36.5 Å². The van der Waals surface area contributed by atoms with Gasteiger partial charge in [0.25, 0.3) is 0 Å². The number of carbonyl (C=O) groups excluding carboxylic acids is 1. The van der Waals surface area contributed by atoms with Crippen molar-refractivity contribution in [3.05, 3.63) is 12.2 Å². The Morgan fingerprint density at radius 2 is 1.67 bits per heavy atom. The topological polar surface area (TPSA) is 32.3 Å². The van der Waals surface area contributed by atoms with E-state index in [4.69, 9.17) is 0 Å². The van der Waals surface area contributed by atoms with Crippen LogP contribution in [-0.2, 0) is 4.79 Å². The summed E-state index contributed by atoms with van der Waals surface area (Å²) < 4.78 is 0. The minimum atomic E-state index is 0.231. The molecule has 0 heterocycles. The van der Waals surface area contributed by atoms with Gasteiger partial charge in [0.15, 0.2) is 0 Å². The van der Waals surface area contributed by atoms with Gasteiger partial charge in [-0.1, -0.05) is 57.1 Å². The molecule has 0 bridgehead atoms. The highest BCUT2D eigenvalue weighted by atomic mass is 16.1. The molecular weight excluding hydrogens is 296 g/mol. The summed E-state index contributed by atoms with van der Waals surface area (Å²) in [7, 11) is 4.13. The predicted octanol–water partition coefficient (Wildman–Crippen LogP) is 4.92. The Hall–Kier alpha value is -0.830. The molecular formula is C21H40N2O. The van der Waals surface area contributed by atoms with Crippen LogP contribution in [0.1, 0.15) is 83.5 Å². The molecule has 1 unspecified atom stereocenters. The summed E-state index contributed by atoms with van der Waals surface area (Å²) in [5.74, 6) is 1.12. The van der Waals surface area contributed by atoms with Gasteiger partial charge in [0.05, 0.1) is 0 Å². The molecule has 24 heavy (non-hydrogen) atoms. The fraction of sp³-hybridized carbons (Fsp3) is 0.857. The van der Waals surface area contributed by atoms with Crippen molar-refractivity contribution in [2.45, 2.75) is 83.5 Å². The van der Waals surface area contributed by atoms with Gasteiger partial charge in [-0.2, -0.15) is 0 Å². The molecule has 140 valence electrons. The molecule has 0 aromatic rings. The molecule has 1 amide bonds. The largest absolute Gasteiger partial charge is 0.356 e. The molecule has 0 saturated carbocycles. The van der Waals surface area contributed by atoms with Crippen LogP contribution in [0.4, 0.5) is 0 Å². The van der Waals surface area contributed by atoms with Crippen LogP contribution in [0.2, 0.25) is 0 Å². The Morgan fingerprint density at radius 1 is 1.00 bits per heavy atom. The third kappa shape index (κ3) is 12.6. The lowest BCUT2D eigenvalue weighted by molar-refractivity contribution is -0.121. The third-order valence-corrected chi connectivity index (χ3v) is 4.95. The number of hydrogen-bond acceptors (Lipinski definition) is 2. The summed E-state index contributed by atoms with van der Waals surface area (Å²) in [4.78, 5) is 13.8. The normalized spacial score (nSPS) is 16.9. The summed E-state index contributed by atoms with van der Waals surface area (Å²) in [5.41, 5.74) is 0. The van der Waals surface area contributed by atoms with E-state index >= 15 is 0 Å². The van der Waals surface area contributed by atoms with Gasteiger partial charge in [0.1, 0.15) is 0 Å². The van der Waals surface area contributed by atoms with E-state index in [-0.39, 0.29) is 5.91 Å². The maximum Gasteiger partial charge on any atom is 0.219 e. The van der Waals surface area contributed by atoms with Crippen molar-refractivity contribution < 1.29 is 4.79 Å². The molecule has 1 rings (SSSR count). The van der Waals surface area contributed by atoms with E-state index in [0.717, 1.165) is 31.8 Å². The van der Waals surface area contributed by atoms with Crippen LogP contribution < -0.4 is 5.32 Å². The molecule has 1 aliphatic carbocycles. The number of rotatable bonds is 15. The highest BCUT2D eigenvalue weighted by molar-refractivity contribution is 5.75. The van der Waals surface area contributed by atoms with Crippen LogP contribution in [0.15, 0.2) is 12.2 Å². The number of carbonyl (C=O) groups is 1. The van der Waals surface area contributed by atoms with Crippen LogP contribution in [0.25, 0.3) is 0 Å². The van der Waals surface area contributed by atoms with Gasteiger partial charge in [0, 0.05) is 13.0 Å². The smallest absolute Gasteiger partial charge is 0.219 e. The van der Waals surface area contributed by atoms with Crippen LogP contribution in [0, 0.1) is 5.92 Å². The van der Waals surface area contributed by atoms with Crippen molar-refractivity contribution in [2.75, 3.05) is 27.2 Å². The van der Waals surface area contributed by atoms with E-state index in [1.165, 1.54) is 64.2 Å². The first-order valence-corrected chi connectivity index (χ1v) is 10.3. The first-order valence-electron chi connectivity index (χ1n) is 10.3. The quantitative estimate of drug-likeness (QED) is 0.340. The molecule has 1 atom stereocenters. The predicted molar refractivity (Wildman–Crippen MR) is 104 cm³/mol. The van der Waals surface area contributed by atoms with Gasteiger partial charge in [-0.05, 0) is 58.7 Å². The lowest BCUT2D eigenvalue weighted by atomic mass is 9.99. The average molecular weight is 337 g/mol. The monoisotopic (exact) mass is 336 g/mol. The molecule has 3 nitrogen and oxygen atoms in total. The molecule has 0 radical (unpaired) electrons. The van der Waals surface area contributed by atoms with E-state index in [0.29, 0.717) is 6.42 Å². The lowest BCUT2D eigenvalue weighted by Crippen LogP contribution is -2.26. The van der Waals surface area contributed by atoms with Crippen molar-refractivity contribution >= 4 is 5.91 Å². The lowest BCUT2D eigenvalue weighted by Gasteiger charge is -2.09. The second-order valence-corrected chi connectivity index (χ2v) is 7.64. The Morgan fingerprint density at radius 3 is 2.29 bits per heavy atom. The zero-order valence-corrected chi connectivity index (χ0v) is 16.2. The highest BCUT2D eigenvalue weighted by Gasteiger charge is 2.07. The minimum absolute atomic E-state index is 0.231. The fourth-order valence-corrected chi connectivity index (χ4v) is 3.40. The zero-order chi connectivity index (χ0) is 17.5.